The summed E-state index contributed by atoms with van der Waals surface area (Å²) in [5.74, 6) is 0.553. The van der Waals surface area contributed by atoms with Crippen LogP contribution in [0.4, 0.5) is 0 Å². The average Bonchev–Trinajstić information content (AvgIpc) is 3.06. The van der Waals surface area contributed by atoms with Crippen molar-refractivity contribution < 1.29 is 14.3 Å². The van der Waals surface area contributed by atoms with E-state index in [9.17, 15) is 4.79 Å². The maximum absolute atomic E-state index is 11.8. The summed E-state index contributed by atoms with van der Waals surface area (Å²) < 4.78 is 11.9. The zero-order chi connectivity index (χ0) is 14.8. The number of carbonyl (C=O) groups excluding carboxylic acids is 1. The number of nitrogens with zero attached hydrogens (tertiary/aromatic N) is 3. The van der Waals surface area contributed by atoms with Crippen LogP contribution in [-0.2, 0) is 16.6 Å². The Balaban J connectivity index is 1.89. The number of hydrogen-bond donors (Lipinski definition) is 0. The highest BCUT2D eigenvalue weighted by molar-refractivity contribution is 6.12. The van der Waals surface area contributed by atoms with Crippen molar-refractivity contribution in [3.05, 3.63) is 53.5 Å². The van der Waals surface area contributed by atoms with Gasteiger partial charge in [0.2, 0.25) is 5.90 Å². The number of carbonyl (C=O) groups is 1. The second-order valence-corrected chi connectivity index (χ2v) is 4.51. The summed E-state index contributed by atoms with van der Waals surface area (Å²) in [7, 11) is 3.40. The molecule has 0 N–H and O–H groups in total. The molecule has 106 valence electrons. The number of aromatic nitrogens is 2. The number of cyclic esters (lactones) is 1. The Morgan fingerprint density at radius 3 is 2.67 bits per heavy atom. The van der Waals surface area contributed by atoms with Crippen LogP contribution in [0.2, 0.25) is 0 Å². The van der Waals surface area contributed by atoms with Crippen molar-refractivity contribution in [2.75, 3.05) is 7.11 Å². The third kappa shape index (κ3) is 2.69. The van der Waals surface area contributed by atoms with Crippen molar-refractivity contribution in [2.45, 2.75) is 0 Å². The van der Waals surface area contributed by atoms with Gasteiger partial charge in [-0.05, 0) is 30.3 Å². The maximum Gasteiger partial charge on any atom is 0.363 e. The molecule has 1 aliphatic heterocycles. The minimum atomic E-state index is -0.468. The fourth-order valence-corrected chi connectivity index (χ4v) is 1.94. The summed E-state index contributed by atoms with van der Waals surface area (Å²) in [6.45, 7) is 0. The van der Waals surface area contributed by atoms with Crippen molar-refractivity contribution in [2.24, 2.45) is 12.0 Å². The molecular formula is C15H13N3O3. The summed E-state index contributed by atoms with van der Waals surface area (Å²) in [6.07, 6.45) is 5.09. The Morgan fingerprint density at radius 1 is 1.29 bits per heavy atom. The third-order valence-electron chi connectivity index (χ3n) is 2.99. The van der Waals surface area contributed by atoms with Gasteiger partial charge in [0.25, 0.3) is 0 Å². The van der Waals surface area contributed by atoms with Crippen LogP contribution in [0.15, 0.2) is 47.3 Å². The molecule has 0 saturated heterocycles. The van der Waals surface area contributed by atoms with E-state index in [0.717, 1.165) is 16.9 Å². The largest absolute Gasteiger partial charge is 0.497 e. The normalized spacial score (nSPS) is 16.0. The lowest BCUT2D eigenvalue weighted by molar-refractivity contribution is -0.129. The molecule has 6 nitrogen and oxygen atoms in total. The van der Waals surface area contributed by atoms with E-state index < -0.39 is 5.97 Å². The van der Waals surface area contributed by atoms with Crippen LogP contribution >= 0.6 is 0 Å². The molecular weight excluding hydrogens is 270 g/mol. The summed E-state index contributed by atoms with van der Waals surface area (Å²) in [4.78, 5) is 16.1. The van der Waals surface area contributed by atoms with Gasteiger partial charge in [0.15, 0.2) is 5.70 Å². The highest BCUT2D eigenvalue weighted by Gasteiger charge is 2.24. The predicted molar refractivity (Wildman–Crippen MR) is 76.8 cm³/mol. The standard InChI is InChI=1S/C15H13N3O3/c1-18-9-10(8-16-18)7-13-15(19)21-14(17-13)11-3-5-12(20-2)6-4-11/h3-9H,1-2H3/b13-7-. The lowest BCUT2D eigenvalue weighted by Gasteiger charge is -2.01. The summed E-state index contributed by atoms with van der Waals surface area (Å²) in [5, 5.41) is 4.04. The Hall–Kier alpha value is -2.89. The molecule has 0 radical (unpaired) electrons. The SMILES string of the molecule is COc1ccc(C2=N/C(=C\c3cnn(C)c3)C(=O)O2)cc1. The first-order chi connectivity index (χ1) is 10.2. The van der Waals surface area contributed by atoms with E-state index in [1.807, 2.05) is 0 Å². The van der Waals surface area contributed by atoms with Gasteiger partial charge >= 0.3 is 5.97 Å². The van der Waals surface area contributed by atoms with Crippen LogP contribution in [0.1, 0.15) is 11.1 Å². The first-order valence-electron chi connectivity index (χ1n) is 6.31. The van der Waals surface area contributed by atoms with Crippen molar-refractivity contribution in [1.29, 1.82) is 0 Å². The van der Waals surface area contributed by atoms with Crippen molar-refractivity contribution in [1.82, 2.24) is 9.78 Å². The number of methoxy groups -OCH3 is 1. The van der Waals surface area contributed by atoms with E-state index in [-0.39, 0.29) is 11.6 Å². The fraction of sp³-hybridized carbons (Fsp3) is 0.133. The van der Waals surface area contributed by atoms with Crippen LogP contribution < -0.4 is 4.74 Å². The van der Waals surface area contributed by atoms with Gasteiger partial charge in [-0.25, -0.2) is 9.79 Å². The summed E-state index contributed by atoms with van der Waals surface area (Å²) >= 11 is 0. The molecule has 0 aliphatic carbocycles. The number of aryl methyl sites for hydroxylation is 1. The molecule has 0 bridgehead atoms. The van der Waals surface area contributed by atoms with Crippen LogP contribution in [0, 0.1) is 0 Å². The molecule has 0 spiro atoms. The summed E-state index contributed by atoms with van der Waals surface area (Å²) in [6, 6.07) is 7.15. The van der Waals surface area contributed by atoms with Gasteiger partial charge in [0.1, 0.15) is 5.75 Å². The molecule has 2 heterocycles. The number of hydrogen-bond acceptors (Lipinski definition) is 5. The van der Waals surface area contributed by atoms with Crippen LogP contribution in [0.3, 0.4) is 0 Å². The monoisotopic (exact) mass is 283 g/mol. The van der Waals surface area contributed by atoms with E-state index in [4.69, 9.17) is 9.47 Å². The van der Waals surface area contributed by atoms with E-state index in [1.54, 1.807) is 61.6 Å². The van der Waals surface area contributed by atoms with Gasteiger partial charge in [0, 0.05) is 24.4 Å². The maximum atomic E-state index is 11.8. The molecule has 3 rings (SSSR count). The molecule has 0 saturated carbocycles. The van der Waals surface area contributed by atoms with Gasteiger partial charge in [-0.1, -0.05) is 0 Å². The fourth-order valence-electron chi connectivity index (χ4n) is 1.94. The molecule has 0 amide bonds. The Morgan fingerprint density at radius 2 is 2.05 bits per heavy atom. The van der Waals surface area contributed by atoms with Gasteiger partial charge < -0.3 is 9.47 Å². The molecule has 0 fully saturated rings. The molecule has 1 aliphatic rings. The van der Waals surface area contributed by atoms with Crippen LogP contribution in [-0.4, -0.2) is 28.8 Å². The summed E-state index contributed by atoms with van der Waals surface area (Å²) in [5.41, 5.74) is 1.77. The highest BCUT2D eigenvalue weighted by atomic mass is 16.6. The van der Waals surface area contributed by atoms with Crippen LogP contribution in [0.25, 0.3) is 6.08 Å². The molecule has 21 heavy (non-hydrogen) atoms. The lowest BCUT2D eigenvalue weighted by Crippen LogP contribution is -2.05. The number of aliphatic imine (C=N–C) groups is 1. The first-order valence-corrected chi connectivity index (χ1v) is 6.31. The molecule has 6 heteroatoms. The zero-order valence-corrected chi connectivity index (χ0v) is 11.6. The highest BCUT2D eigenvalue weighted by Crippen LogP contribution is 2.20. The molecule has 1 aromatic heterocycles. The van der Waals surface area contributed by atoms with E-state index in [0.29, 0.717) is 0 Å². The Labute approximate surface area is 121 Å². The van der Waals surface area contributed by atoms with Gasteiger partial charge in [0.05, 0.1) is 13.3 Å². The molecule has 0 atom stereocenters. The quantitative estimate of drug-likeness (QED) is 0.636. The smallest absolute Gasteiger partial charge is 0.363 e. The van der Waals surface area contributed by atoms with E-state index >= 15 is 0 Å². The van der Waals surface area contributed by atoms with Crippen molar-refractivity contribution in [3.63, 3.8) is 0 Å². The first kappa shape index (κ1) is 13.1. The van der Waals surface area contributed by atoms with Crippen molar-refractivity contribution >= 4 is 17.9 Å². The minimum absolute atomic E-state index is 0.258. The Kier molecular flexibility index (Phi) is 3.27. The van der Waals surface area contributed by atoms with Gasteiger partial charge in [-0.2, -0.15) is 5.10 Å². The lowest BCUT2D eigenvalue weighted by atomic mass is 10.2. The van der Waals surface area contributed by atoms with E-state index in [2.05, 4.69) is 10.1 Å². The average molecular weight is 283 g/mol. The minimum Gasteiger partial charge on any atom is -0.497 e. The zero-order valence-electron chi connectivity index (χ0n) is 11.6. The molecule has 0 unspecified atom stereocenters. The number of benzene rings is 1. The van der Waals surface area contributed by atoms with Crippen molar-refractivity contribution in [3.8, 4) is 5.75 Å². The molecule has 1 aromatic carbocycles. The molecule has 2 aromatic rings. The van der Waals surface area contributed by atoms with Gasteiger partial charge in [-0.15, -0.1) is 0 Å². The second kappa shape index (κ2) is 5.24. The number of rotatable bonds is 3. The van der Waals surface area contributed by atoms with Crippen LogP contribution in [0.5, 0.6) is 5.75 Å². The topological polar surface area (TPSA) is 65.7 Å². The predicted octanol–water partition coefficient (Wildman–Crippen LogP) is 1.77. The number of esters is 1. The third-order valence-corrected chi connectivity index (χ3v) is 2.99. The van der Waals surface area contributed by atoms with Gasteiger partial charge in [-0.3, -0.25) is 4.68 Å². The number of ether oxygens (including phenoxy) is 2. The second-order valence-electron chi connectivity index (χ2n) is 4.51. The Bertz CT molecular complexity index is 742. The van der Waals surface area contributed by atoms with E-state index in [1.165, 1.54) is 0 Å².